The van der Waals surface area contributed by atoms with Gasteiger partial charge in [0.1, 0.15) is 24.5 Å². The van der Waals surface area contributed by atoms with Gasteiger partial charge < -0.3 is 14.7 Å². The van der Waals surface area contributed by atoms with E-state index in [1.807, 2.05) is 42.5 Å². The molecule has 0 radical (unpaired) electrons. The first-order valence-electron chi connectivity index (χ1n) is 9.06. The summed E-state index contributed by atoms with van der Waals surface area (Å²) in [6.07, 6.45) is 1.67. The van der Waals surface area contributed by atoms with Crippen LogP contribution >= 0.6 is 0 Å². The number of ether oxygens (including phenoxy) is 1. The molecule has 0 bridgehead atoms. The number of nitrogens with zero attached hydrogens (tertiary/aromatic N) is 2. The SMILES string of the molecule is O=C1C2CCCCN2C(=O)N1CC(O)COc1cccc2ccccc12. The number of piperidine rings is 1. The first kappa shape index (κ1) is 16.8. The van der Waals surface area contributed by atoms with Crippen LogP contribution in [0.3, 0.4) is 0 Å². The molecule has 2 heterocycles. The summed E-state index contributed by atoms with van der Waals surface area (Å²) in [5.74, 6) is 0.484. The second kappa shape index (κ2) is 6.96. The summed E-state index contributed by atoms with van der Waals surface area (Å²) in [4.78, 5) is 27.7. The Hall–Kier alpha value is -2.60. The number of urea groups is 1. The van der Waals surface area contributed by atoms with Crippen molar-refractivity contribution in [2.45, 2.75) is 31.4 Å². The number of aliphatic hydroxyl groups is 1. The molecule has 2 aromatic rings. The van der Waals surface area contributed by atoms with E-state index in [9.17, 15) is 14.7 Å². The molecular formula is C20H22N2O4. The van der Waals surface area contributed by atoms with Crippen LogP contribution in [-0.2, 0) is 4.79 Å². The minimum atomic E-state index is -0.928. The van der Waals surface area contributed by atoms with E-state index in [0.717, 1.165) is 23.6 Å². The summed E-state index contributed by atoms with van der Waals surface area (Å²) in [5.41, 5.74) is 0. The van der Waals surface area contributed by atoms with Crippen molar-refractivity contribution in [2.24, 2.45) is 0 Å². The van der Waals surface area contributed by atoms with Gasteiger partial charge in [-0.3, -0.25) is 9.69 Å². The molecule has 6 nitrogen and oxygen atoms in total. The Morgan fingerprint density at radius 1 is 1.12 bits per heavy atom. The van der Waals surface area contributed by atoms with Gasteiger partial charge in [0.05, 0.1) is 6.54 Å². The Bertz CT molecular complexity index is 808. The summed E-state index contributed by atoms with van der Waals surface area (Å²) >= 11 is 0. The molecule has 3 amide bonds. The maximum absolute atomic E-state index is 12.4. The molecule has 6 heteroatoms. The van der Waals surface area contributed by atoms with Crippen molar-refractivity contribution in [1.82, 2.24) is 9.80 Å². The Balaban J connectivity index is 1.40. The quantitative estimate of drug-likeness (QED) is 0.837. The van der Waals surface area contributed by atoms with Crippen LogP contribution < -0.4 is 4.74 Å². The number of hydrogen-bond acceptors (Lipinski definition) is 4. The Morgan fingerprint density at radius 2 is 1.92 bits per heavy atom. The van der Waals surface area contributed by atoms with Gasteiger partial charge >= 0.3 is 6.03 Å². The standard InChI is InChI=1S/C20H22N2O4/c23-15(12-22-19(24)17-9-3-4-11-21(17)20(22)25)13-26-18-10-5-7-14-6-1-2-8-16(14)18/h1-2,5-8,10,15,17,23H,3-4,9,11-13H2. The molecule has 2 saturated heterocycles. The minimum Gasteiger partial charge on any atom is -0.490 e. The maximum atomic E-state index is 12.4. The number of aliphatic hydroxyl groups excluding tert-OH is 1. The molecule has 0 aliphatic carbocycles. The number of fused-ring (bicyclic) bond motifs is 2. The lowest BCUT2D eigenvalue weighted by molar-refractivity contribution is -0.129. The molecule has 0 aromatic heterocycles. The van der Waals surface area contributed by atoms with Gasteiger partial charge in [-0.1, -0.05) is 36.4 Å². The largest absolute Gasteiger partial charge is 0.490 e. The van der Waals surface area contributed by atoms with Gasteiger partial charge in [0.15, 0.2) is 0 Å². The van der Waals surface area contributed by atoms with Crippen molar-refractivity contribution >= 4 is 22.7 Å². The zero-order chi connectivity index (χ0) is 18.1. The Kier molecular flexibility index (Phi) is 4.51. The minimum absolute atomic E-state index is 0.0235. The lowest BCUT2D eigenvalue weighted by Gasteiger charge is -2.26. The smallest absolute Gasteiger partial charge is 0.327 e. The molecule has 0 spiro atoms. The highest BCUT2D eigenvalue weighted by molar-refractivity contribution is 6.04. The second-order valence-electron chi connectivity index (χ2n) is 6.88. The summed E-state index contributed by atoms with van der Waals surface area (Å²) in [6, 6.07) is 13.0. The topological polar surface area (TPSA) is 70.1 Å². The number of benzene rings is 2. The third-order valence-corrected chi connectivity index (χ3v) is 5.10. The molecule has 2 fully saturated rings. The molecule has 26 heavy (non-hydrogen) atoms. The van der Waals surface area contributed by atoms with E-state index in [1.54, 1.807) is 4.90 Å². The first-order valence-corrected chi connectivity index (χ1v) is 9.06. The van der Waals surface area contributed by atoms with Crippen LogP contribution in [-0.4, -0.2) is 58.7 Å². The number of β-amino-alcohol motifs (C(OH)–C–C–N with tert-alkyl or cyclic N) is 1. The van der Waals surface area contributed by atoms with E-state index in [0.29, 0.717) is 18.7 Å². The van der Waals surface area contributed by atoms with E-state index in [2.05, 4.69) is 0 Å². The van der Waals surface area contributed by atoms with Crippen LogP contribution in [0.1, 0.15) is 19.3 Å². The predicted octanol–water partition coefficient (Wildman–Crippen LogP) is 2.40. The van der Waals surface area contributed by atoms with Gasteiger partial charge in [-0.25, -0.2) is 4.79 Å². The van der Waals surface area contributed by atoms with E-state index < -0.39 is 6.10 Å². The zero-order valence-corrected chi connectivity index (χ0v) is 14.5. The number of carbonyl (C=O) groups is 2. The molecule has 2 aromatic carbocycles. The molecule has 1 N–H and O–H groups in total. The van der Waals surface area contributed by atoms with E-state index in [4.69, 9.17) is 4.74 Å². The van der Waals surface area contributed by atoms with Crippen molar-refractivity contribution in [3.63, 3.8) is 0 Å². The Labute approximate surface area is 152 Å². The first-order chi connectivity index (χ1) is 12.6. The van der Waals surface area contributed by atoms with Gasteiger partial charge in [-0.05, 0) is 30.7 Å². The van der Waals surface area contributed by atoms with E-state index in [-0.39, 0.29) is 31.1 Å². The van der Waals surface area contributed by atoms with Crippen molar-refractivity contribution in [2.75, 3.05) is 19.7 Å². The number of hydrogen-bond donors (Lipinski definition) is 1. The van der Waals surface area contributed by atoms with Gasteiger partial charge in [-0.15, -0.1) is 0 Å². The third-order valence-electron chi connectivity index (χ3n) is 5.10. The summed E-state index contributed by atoms with van der Waals surface area (Å²) in [6.45, 7) is 0.611. The van der Waals surface area contributed by atoms with Crippen molar-refractivity contribution < 1.29 is 19.4 Å². The second-order valence-corrected chi connectivity index (χ2v) is 6.88. The normalized spacial score (nSPS) is 21.2. The highest BCUT2D eigenvalue weighted by atomic mass is 16.5. The van der Waals surface area contributed by atoms with Crippen LogP contribution in [0.2, 0.25) is 0 Å². The highest BCUT2D eigenvalue weighted by Gasteiger charge is 2.46. The van der Waals surface area contributed by atoms with Gasteiger partial charge in [0.25, 0.3) is 5.91 Å². The van der Waals surface area contributed by atoms with Crippen LogP contribution in [0, 0.1) is 0 Å². The van der Waals surface area contributed by atoms with Gasteiger partial charge in [-0.2, -0.15) is 0 Å². The van der Waals surface area contributed by atoms with Crippen molar-refractivity contribution in [3.8, 4) is 5.75 Å². The molecule has 2 atom stereocenters. The Morgan fingerprint density at radius 3 is 2.77 bits per heavy atom. The highest BCUT2D eigenvalue weighted by Crippen LogP contribution is 2.27. The number of carbonyl (C=O) groups excluding carboxylic acids is 2. The van der Waals surface area contributed by atoms with E-state index >= 15 is 0 Å². The average molecular weight is 354 g/mol. The fraction of sp³-hybridized carbons (Fsp3) is 0.400. The van der Waals surface area contributed by atoms with Crippen molar-refractivity contribution in [1.29, 1.82) is 0 Å². The van der Waals surface area contributed by atoms with Crippen LogP contribution in [0.5, 0.6) is 5.75 Å². The lowest BCUT2D eigenvalue weighted by Crippen LogP contribution is -2.40. The third kappa shape index (κ3) is 3.01. The fourth-order valence-electron chi connectivity index (χ4n) is 3.79. The molecule has 4 rings (SSSR count). The molecule has 2 aliphatic heterocycles. The van der Waals surface area contributed by atoms with Crippen LogP contribution in [0.4, 0.5) is 4.79 Å². The summed E-state index contributed by atoms with van der Waals surface area (Å²) in [5, 5.41) is 12.3. The fourth-order valence-corrected chi connectivity index (χ4v) is 3.79. The maximum Gasteiger partial charge on any atom is 0.327 e. The lowest BCUT2D eigenvalue weighted by atomic mass is 10.0. The van der Waals surface area contributed by atoms with Crippen LogP contribution in [0.25, 0.3) is 10.8 Å². The molecule has 2 unspecified atom stereocenters. The number of rotatable bonds is 5. The van der Waals surface area contributed by atoms with Gasteiger partial charge in [0.2, 0.25) is 0 Å². The molecular weight excluding hydrogens is 332 g/mol. The molecule has 0 saturated carbocycles. The molecule has 2 aliphatic rings. The zero-order valence-electron chi connectivity index (χ0n) is 14.5. The number of amides is 3. The van der Waals surface area contributed by atoms with Crippen molar-refractivity contribution in [3.05, 3.63) is 42.5 Å². The summed E-state index contributed by atoms with van der Waals surface area (Å²) in [7, 11) is 0. The van der Waals surface area contributed by atoms with Gasteiger partial charge in [0, 0.05) is 11.9 Å². The monoisotopic (exact) mass is 354 g/mol. The van der Waals surface area contributed by atoms with E-state index in [1.165, 1.54) is 4.90 Å². The number of imide groups is 1. The molecule has 136 valence electrons. The van der Waals surface area contributed by atoms with Crippen LogP contribution in [0.15, 0.2) is 42.5 Å². The average Bonchev–Trinajstić information content (AvgIpc) is 2.91. The predicted molar refractivity (Wildman–Crippen MR) is 96.9 cm³/mol. The summed E-state index contributed by atoms with van der Waals surface area (Å²) < 4.78 is 5.77.